The van der Waals surface area contributed by atoms with E-state index in [1.54, 1.807) is 0 Å². The van der Waals surface area contributed by atoms with Crippen molar-refractivity contribution in [3.8, 4) is 0 Å². The van der Waals surface area contributed by atoms with Crippen LogP contribution < -0.4 is 0 Å². The first-order valence-corrected chi connectivity index (χ1v) is 11.6. The first kappa shape index (κ1) is 13.8. The highest BCUT2D eigenvalue weighted by Crippen LogP contribution is 2.69. The lowest BCUT2D eigenvalue weighted by molar-refractivity contribution is 0.233. The van der Waals surface area contributed by atoms with Crippen molar-refractivity contribution in [2.75, 3.05) is 12.4 Å². The number of ether oxygens (including phenoxy) is 1. The molecule has 0 aromatic carbocycles. The fourth-order valence-corrected chi connectivity index (χ4v) is 11.2. The Bertz CT molecular complexity index is 505. The van der Waals surface area contributed by atoms with Gasteiger partial charge in [-0.15, -0.1) is 0 Å². The predicted molar refractivity (Wildman–Crippen MR) is 98.8 cm³/mol. The Morgan fingerprint density at radius 1 is 0.789 bits per heavy atom. The third kappa shape index (κ3) is 2.91. The largest absolute Gasteiger partial charge is 0.486 e. The van der Waals surface area contributed by atoms with Gasteiger partial charge in [0.25, 0.3) is 0 Å². The minimum absolute atomic E-state index is 0.881. The zero-order chi connectivity index (χ0) is 12.7. The minimum Gasteiger partial charge on any atom is -0.486 e. The van der Waals surface area contributed by atoms with Gasteiger partial charge in [-0.2, -0.15) is 0 Å². The fraction of sp³-hybridized carbons (Fsp3) is 0.273. The van der Waals surface area contributed by atoms with Crippen LogP contribution in [0.15, 0.2) is 37.1 Å². The Kier molecular flexibility index (Phi) is 4.47. The maximum Gasteiger partial charge on any atom is 0.173 e. The average Bonchev–Trinajstić information content (AvgIpc) is 3.14. The van der Waals surface area contributed by atoms with Gasteiger partial charge in [-0.3, -0.25) is 0 Å². The lowest BCUT2D eigenvalue weighted by Gasteiger charge is -2.17. The number of hydrogen-bond acceptors (Lipinski definition) is 8. The van der Waals surface area contributed by atoms with Gasteiger partial charge in [-0.1, -0.05) is 82.3 Å². The molecule has 1 nitrogen and oxygen atoms in total. The Morgan fingerprint density at radius 3 is 2.05 bits per heavy atom. The van der Waals surface area contributed by atoms with Gasteiger partial charge >= 0.3 is 0 Å². The van der Waals surface area contributed by atoms with E-state index in [9.17, 15) is 0 Å². The monoisotopic (exact) mass is 380 g/mol. The van der Waals surface area contributed by atoms with Gasteiger partial charge in [0, 0.05) is 5.75 Å². The summed E-state index contributed by atoms with van der Waals surface area (Å²) in [5, 5.41) is 5.48. The summed E-state index contributed by atoms with van der Waals surface area (Å²) >= 11 is 13.2. The Labute approximate surface area is 142 Å². The molecular weight excluding hydrogens is 373 g/mol. The van der Waals surface area contributed by atoms with Crippen LogP contribution in [0.2, 0.25) is 0 Å². The lowest BCUT2D eigenvalue weighted by Crippen LogP contribution is -2.02. The van der Waals surface area contributed by atoms with Crippen molar-refractivity contribution in [1.29, 1.82) is 0 Å². The zero-order valence-electron chi connectivity index (χ0n) is 9.54. The molecule has 1 saturated heterocycles. The molecule has 0 aromatic heterocycles. The lowest BCUT2D eigenvalue weighted by atomic mass is 10.5. The number of hydrogen-bond donors (Lipinski definition) is 0. The molecule has 0 spiro atoms. The van der Waals surface area contributed by atoms with Crippen LogP contribution in [-0.4, -0.2) is 12.4 Å². The summed E-state index contributed by atoms with van der Waals surface area (Å²) in [5.41, 5.74) is 0. The second-order valence-corrected chi connectivity index (χ2v) is 12.0. The van der Waals surface area contributed by atoms with Crippen LogP contribution in [0.1, 0.15) is 6.42 Å². The van der Waals surface area contributed by atoms with E-state index in [1.807, 2.05) is 82.3 Å². The highest BCUT2D eigenvalue weighted by Gasteiger charge is 2.34. The van der Waals surface area contributed by atoms with Crippen LogP contribution in [0.25, 0.3) is 0 Å². The van der Waals surface area contributed by atoms with Gasteiger partial charge < -0.3 is 4.74 Å². The molecule has 4 aliphatic heterocycles. The van der Waals surface area contributed by atoms with E-state index in [2.05, 4.69) is 10.8 Å². The van der Waals surface area contributed by atoms with Crippen molar-refractivity contribution in [1.82, 2.24) is 0 Å². The standard InChI is InChI=1S/C11H8OS7/c1-2-12-6(13-3-1)7-16-10-11(17-7)19-9(18-10)8-14-4-5-15-8/h4-5H,1-3H2. The molecule has 0 atom stereocenters. The van der Waals surface area contributed by atoms with E-state index >= 15 is 0 Å². The van der Waals surface area contributed by atoms with E-state index in [0.29, 0.717) is 0 Å². The molecule has 0 aromatic rings. The van der Waals surface area contributed by atoms with Crippen molar-refractivity contribution in [2.24, 2.45) is 0 Å². The van der Waals surface area contributed by atoms with Crippen molar-refractivity contribution < 1.29 is 4.74 Å². The van der Waals surface area contributed by atoms with Crippen LogP contribution in [-0.2, 0) is 4.74 Å². The first-order chi connectivity index (χ1) is 9.40. The fourth-order valence-electron chi connectivity index (χ4n) is 1.60. The van der Waals surface area contributed by atoms with Crippen LogP contribution in [0.5, 0.6) is 0 Å². The molecule has 4 rings (SSSR count). The molecule has 4 aliphatic rings. The molecule has 4 heterocycles. The summed E-state index contributed by atoms with van der Waals surface area (Å²) in [5.74, 6) is 1.19. The van der Waals surface area contributed by atoms with E-state index in [0.717, 1.165) is 11.7 Å². The third-order valence-electron chi connectivity index (χ3n) is 2.40. The Morgan fingerprint density at radius 2 is 1.42 bits per heavy atom. The molecule has 0 amide bonds. The van der Waals surface area contributed by atoms with Crippen molar-refractivity contribution in [3.05, 3.63) is 37.1 Å². The molecular formula is C11H8OS7. The quantitative estimate of drug-likeness (QED) is 0.469. The van der Waals surface area contributed by atoms with Crippen LogP contribution in [0.3, 0.4) is 0 Å². The highest BCUT2D eigenvalue weighted by molar-refractivity contribution is 8.49. The number of rotatable bonds is 0. The smallest absolute Gasteiger partial charge is 0.173 e. The molecule has 0 aliphatic carbocycles. The summed E-state index contributed by atoms with van der Waals surface area (Å²) in [4.78, 5) is 0. The van der Waals surface area contributed by atoms with Crippen LogP contribution >= 0.6 is 82.3 Å². The maximum atomic E-state index is 5.78. The molecule has 0 N–H and O–H groups in total. The molecule has 1 fully saturated rings. The predicted octanol–water partition coefficient (Wildman–Crippen LogP) is 6.43. The summed E-state index contributed by atoms with van der Waals surface area (Å²) in [7, 11) is 0. The average molecular weight is 381 g/mol. The van der Waals surface area contributed by atoms with E-state index in [1.165, 1.54) is 33.4 Å². The van der Waals surface area contributed by atoms with Crippen LogP contribution in [0, 0.1) is 0 Å². The van der Waals surface area contributed by atoms with Gasteiger partial charge in [0.05, 0.1) is 23.6 Å². The van der Waals surface area contributed by atoms with Crippen LogP contribution in [0.4, 0.5) is 0 Å². The van der Waals surface area contributed by atoms with Crippen molar-refractivity contribution in [3.63, 3.8) is 0 Å². The zero-order valence-corrected chi connectivity index (χ0v) is 15.3. The maximum absolute atomic E-state index is 5.78. The normalized spacial score (nSPS) is 26.5. The van der Waals surface area contributed by atoms with E-state index < -0.39 is 0 Å². The molecule has 0 unspecified atom stereocenters. The molecule has 100 valence electrons. The molecule has 0 saturated carbocycles. The van der Waals surface area contributed by atoms with Gasteiger partial charge in [0.2, 0.25) is 0 Å². The van der Waals surface area contributed by atoms with E-state index in [-0.39, 0.29) is 0 Å². The Hall–Kier alpha value is 1.21. The van der Waals surface area contributed by atoms with Crippen molar-refractivity contribution >= 4 is 82.3 Å². The summed E-state index contributed by atoms with van der Waals surface area (Å²) < 4.78 is 12.9. The molecule has 0 radical (unpaired) electrons. The second-order valence-electron chi connectivity index (χ2n) is 3.69. The Balaban J connectivity index is 1.48. The molecule has 19 heavy (non-hydrogen) atoms. The first-order valence-electron chi connectivity index (χ1n) is 5.58. The third-order valence-corrected chi connectivity index (χ3v) is 12.0. The molecule has 0 bridgehead atoms. The summed E-state index contributed by atoms with van der Waals surface area (Å²) in [6.45, 7) is 0.881. The second kappa shape index (κ2) is 6.14. The van der Waals surface area contributed by atoms with Gasteiger partial charge in [-0.25, -0.2) is 0 Å². The molecule has 8 heteroatoms. The summed E-state index contributed by atoms with van der Waals surface area (Å²) in [6, 6.07) is 0. The topological polar surface area (TPSA) is 9.23 Å². The van der Waals surface area contributed by atoms with E-state index in [4.69, 9.17) is 4.74 Å². The van der Waals surface area contributed by atoms with Crippen molar-refractivity contribution in [2.45, 2.75) is 6.42 Å². The highest BCUT2D eigenvalue weighted by atomic mass is 32.3. The van der Waals surface area contributed by atoms with Gasteiger partial charge in [0.1, 0.15) is 4.24 Å². The SMILES string of the molecule is C1=CSC(=C2SC3=C(SC(=C4OCCCS4)S3)S2)S1. The summed E-state index contributed by atoms with van der Waals surface area (Å²) in [6.07, 6.45) is 1.17. The minimum atomic E-state index is 0.881. The number of thioether (sulfide) groups is 7. The van der Waals surface area contributed by atoms with Gasteiger partial charge in [-0.05, 0) is 17.2 Å². The van der Waals surface area contributed by atoms with Gasteiger partial charge in [0.15, 0.2) is 5.09 Å².